The molecule has 0 saturated heterocycles. The molecule has 1 N–H and O–H groups in total. The Morgan fingerprint density at radius 2 is 2.00 bits per heavy atom. The van der Waals surface area contributed by atoms with Gasteiger partial charge >= 0.3 is 0 Å². The van der Waals surface area contributed by atoms with E-state index in [-0.39, 0.29) is 4.90 Å². The number of benzene rings is 1. The second-order valence-corrected chi connectivity index (χ2v) is 4.96. The van der Waals surface area contributed by atoms with Crippen LogP contribution in [0.4, 0.5) is 0 Å². The molecule has 0 aliphatic rings. The number of hydrogen-bond donors (Lipinski definition) is 1. The zero-order chi connectivity index (χ0) is 9.35. The van der Waals surface area contributed by atoms with Gasteiger partial charge in [0.2, 0.25) is 0 Å². The van der Waals surface area contributed by atoms with Gasteiger partial charge in [0.25, 0.3) is 10.1 Å². The molecule has 66 valence electrons. The van der Waals surface area contributed by atoms with E-state index in [1.54, 1.807) is 12.1 Å². The Bertz CT molecular complexity index is 397. The third-order valence-electron chi connectivity index (χ3n) is 1.37. The molecule has 0 bridgehead atoms. The Balaban J connectivity index is 3.39. The van der Waals surface area contributed by atoms with Gasteiger partial charge in [-0.15, -0.1) is 0 Å². The van der Waals surface area contributed by atoms with E-state index < -0.39 is 10.1 Å². The van der Waals surface area contributed by atoms with Crippen LogP contribution in [0.5, 0.6) is 0 Å². The molecule has 1 rings (SSSR count). The summed E-state index contributed by atoms with van der Waals surface area (Å²) in [7, 11) is -4.06. The lowest BCUT2D eigenvalue weighted by molar-refractivity contribution is 0.482. The van der Waals surface area contributed by atoms with E-state index in [1.165, 1.54) is 6.07 Å². The van der Waals surface area contributed by atoms with Gasteiger partial charge in [-0.05, 0) is 47.2 Å². The Morgan fingerprint density at radius 1 is 1.42 bits per heavy atom. The summed E-state index contributed by atoms with van der Waals surface area (Å²) in [5.74, 6) is 0. The molecule has 5 heteroatoms. The van der Waals surface area contributed by atoms with Crippen molar-refractivity contribution < 1.29 is 13.0 Å². The van der Waals surface area contributed by atoms with E-state index in [9.17, 15) is 8.42 Å². The molecule has 3 nitrogen and oxygen atoms in total. The van der Waals surface area contributed by atoms with Crippen LogP contribution in [-0.2, 0) is 10.1 Å². The van der Waals surface area contributed by atoms with Gasteiger partial charge in [0.1, 0.15) is 4.90 Å². The summed E-state index contributed by atoms with van der Waals surface area (Å²) in [6.07, 6.45) is 0. The molecule has 0 fully saturated rings. The zero-order valence-electron chi connectivity index (χ0n) is 6.28. The van der Waals surface area contributed by atoms with Crippen LogP contribution in [0, 0.1) is 10.5 Å². The highest BCUT2D eigenvalue weighted by molar-refractivity contribution is 14.1. The molecule has 0 aromatic heterocycles. The number of halogens is 1. The first-order valence-corrected chi connectivity index (χ1v) is 5.67. The van der Waals surface area contributed by atoms with Crippen LogP contribution in [0.2, 0.25) is 0 Å². The highest BCUT2D eigenvalue weighted by Gasteiger charge is 2.12. The van der Waals surface area contributed by atoms with Gasteiger partial charge in [-0.25, -0.2) is 0 Å². The van der Waals surface area contributed by atoms with Crippen LogP contribution in [0.3, 0.4) is 0 Å². The van der Waals surface area contributed by atoms with Crippen molar-refractivity contribution in [1.29, 1.82) is 0 Å². The van der Waals surface area contributed by atoms with Crippen molar-refractivity contribution in [3.05, 3.63) is 27.3 Å². The van der Waals surface area contributed by atoms with E-state index in [2.05, 4.69) is 0 Å². The second-order valence-electron chi connectivity index (χ2n) is 2.41. The Morgan fingerprint density at radius 3 is 2.42 bits per heavy atom. The summed E-state index contributed by atoms with van der Waals surface area (Å²) in [4.78, 5) is -0.0336. The number of hydrogen-bond acceptors (Lipinski definition) is 2. The molecule has 0 atom stereocenters. The van der Waals surface area contributed by atoms with Gasteiger partial charge in [0.15, 0.2) is 0 Å². The molecular formula is C7H7IO3S. The summed E-state index contributed by atoms with van der Waals surface area (Å²) in [5, 5.41) is 0. The minimum absolute atomic E-state index is 0.0336. The van der Waals surface area contributed by atoms with Gasteiger partial charge in [-0.3, -0.25) is 4.55 Å². The normalized spacial score (nSPS) is 11.6. The van der Waals surface area contributed by atoms with Crippen LogP contribution in [0.25, 0.3) is 0 Å². The van der Waals surface area contributed by atoms with Gasteiger partial charge in [0, 0.05) is 3.57 Å². The molecule has 0 radical (unpaired) electrons. The lowest BCUT2D eigenvalue weighted by atomic mass is 10.2. The minimum Gasteiger partial charge on any atom is -0.282 e. The maximum Gasteiger partial charge on any atom is 0.295 e. The minimum atomic E-state index is -4.06. The van der Waals surface area contributed by atoms with E-state index in [4.69, 9.17) is 4.55 Å². The van der Waals surface area contributed by atoms with Crippen molar-refractivity contribution in [2.75, 3.05) is 0 Å². The fraction of sp³-hybridized carbons (Fsp3) is 0.143. The van der Waals surface area contributed by atoms with Gasteiger partial charge in [-0.1, -0.05) is 6.07 Å². The SMILES string of the molecule is Cc1ccc(S(=O)(=O)O)c(I)c1. The molecule has 0 amide bonds. The lowest BCUT2D eigenvalue weighted by Gasteiger charge is -2.00. The van der Waals surface area contributed by atoms with Crippen molar-refractivity contribution in [2.45, 2.75) is 11.8 Å². The molecule has 1 aromatic carbocycles. The summed E-state index contributed by atoms with van der Waals surface area (Å²) >= 11 is 1.87. The van der Waals surface area contributed by atoms with Gasteiger partial charge in [0.05, 0.1) is 0 Å². The molecule has 0 heterocycles. The molecule has 1 aromatic rings. The summed E-state index contributed by atoms with van der Waals surface area (Å²) in [6.45, 7) is 1.86. The van der Waals surface area contributed by atoms with Crippen molar-refractivity contribution in [2.24, 2.45) is 0 Å². The van der Waals surface area contributed by atoms with E-state index in [0.717, 1.165) is 5.56 Å². The predicted molar refractivity (Wildman–Crippen MR) is 53.7 cm³/mol. The van der Waals surface area contributed by atoms with E-state index in [0.29, 0.717) is 3.57 Å². The molecule has 0 unspecified atom stereocenters. The molecule has 0 spiro atoms. The number of aryl methyl sites for hydroxylation is 1. The molecule has 12 heavy (non-hydrogen) atoms. The second kappa shape index (κ2) is 3.31. The Kier molecular flexibility index (Phi) is 2.74. The fourth-order valence-electron chi connectivity index (χ4n) is 0.815. The van der Waals surface area contributed by atoms with Crippen LogP contribution < -0.4 is 0 Å². The first kappa shape index (κ1) is 9.94. The zero-order valence-corrected chi connectivity index (χ0v) is 9.26. The van der Waals surface area contributed by atoms with Crippen LogP contribution in [0.15, 0.2) is 23.1 Å². The molecular weight excluding hydrogens is 291 g/mol. The standard InChI is InChI=1S/C7H7IO3S/c1-5-2-3-7(6(8)4-5)12(9,10)11/h2-4H,1H3,(H,9,10,11). The topological polar surface area (TPSA) is 54.4 Å². The Hall–Kier alpha value is -0.140. The van der Waals surface area contributed by atoms with Crippen molar-refractivity contribution in [3.63, 3.8) is 0 Å². The maximum absolute atomic E-state index is 10.7. The smallest absolute Gasteiger partial charge is 0.282 e. The average molecular weight is 298 g/mol. The van der Waals surface area contributed by atoms with Crippen molar-refractivity contribution in [1.82, 2.24) is 0 Å². The first-order valence-electron chi connectivity index (χ1n) is 3.15. The average Bonchev–Trinajstić information content (AvgIpc) is 1.83. The van der Waals surface area contributed by atoms with Crippen LogP contribution >= 0.6 is 22.6 Å². The van der Waals surface area contributed by atoms with Crippen LogP contribution in [-0.4, -0.2) is 13.0 Å². The monoisotopic (exact) mass is 298 g/mol. The summed E-state index contributed by atoms with van der Waals surface area (Å²) in [5.41, 5.74) is 0.965. The molecule has 0 saturated carbocycles. The maximum atomic E-state index is 10.7. The van der Waals surface area contributed by atoms with Crippen molar-refractivity contribution >= 4 is 32.7 Å². The predicted octanol–water partition coefficient (Wildman–Crippen LogP) is 1.85. The van der Waals surface area contributed by atoms with Gasteiger partial charge in [-0.2, -0.15) is 8.42 Å². The molecule has 0 aliphatic carbocycles. The molecule has 0 aliphatic heterocycles. The van der Waals surface area contributed by atoms with E-state index >= 15 is 0 Å². The van der Waals surface area contributed by atoms with Crippen LogP contribution in [0.1, 0.15) is 5.56 Å². The third kappa shape index (κ3) is 2.18. The number of rotatable bonds is 1. The fourth-order valence-corrected chi connectivity index (χ4v) is 2.87. The first-order chi connectivity index (χ1) is 5.41. The Labute approximate surface area is 84.7 Å². The lowest BCUT2D eigenvalue weighted by Crippen LogP contribution is -2.00. The summed E-state index contributed by atoms with van der Waals surface area (Å²) < 4.78 is 30.7. The summed E-state index contributed by atoms with van der Waals surface area (Å²) in [6, 6.07) is 4.74. The highest BCUT2D eigenvalue weighted by Crippen LogP contribution is 2.18. The quantitative estimate of drug-likeness (QED) is 0.636. The largest absolute Gasteiger partial charge is 0.295 e. The van der Waals surface area contributed by atoms with Gasteiger partial charge < -0.3 is 0 Å². The third-order valence-corrected chi connectivity index (χ3v) is 3.54. The van der Waals surface area contributed by atoms with Crippen molar-refractivity contribution in [3.8, 4) is 0 Å². The highest BCUT2D eigenvalue weighted by atomic mass is 127. The van der Waals surface area contributed by atoms with E-state index in [1.807, 2.05) is 29.5 Å².